The second-order valence-corrected chi connectivity index (χ2v) is 7.63. The first-order valence-corrected chi connectivity index (χ1v) is 10.7. The lowest BCUT2D eigenvalue weighted by molar-refractivity contribution is -0.150. The highest BCUT2D eigenvalue weighted by Crippen LogP contribution is 2.36. The van der Waals surface area contributed by atoms with Gasteiger partial charge in [0.25, 0.3) is 0 Å². The molecule has 0 saturated carbocycles. The van der Waals surface area contributed by atoms with E-state index >= 15 is 0 Å². The van der Waals surface area contributed by atoms with Crippen LogP contribution < -0.4 is 0 Å². The second kappa shape index (κ2) is 12.6. The molecule has 27 heavy (non-hydrogen) atoms. The van der Waals surface area contributed by atoms with Gasteiger partial charge in [0.15, 0.2) is 5.78 Å². The summed E-state index contributed by atoms with van der Waals surface area (Å²) in [5, 5.41) is 14.9. The number of ketones is 1. The van der Waals surface area contributed by atoms with Gasteiger partial charge in [0.2, 0.25) is 0 Å². The van der Waals surface area contributed by atoms with E-state index in [9.17, 15) is 14.7 Å². The highest BCUT2D eigenvalue weighted by molar-refractivity contribution is 7.99. The largest absolute Gasteiger partial charge is 0.511 e. The Morgan fingerprint density at radius 1 is 1.41 bits per heavy atom. The van der Waals surface area contributed by atoms with Crippen molar-refractivity contribution in [3.63, 3.8) is 0 Å². The summed E-state index contributed by atoms with van der Waals surface area (Å²) in [7, 11) is 0. The predicted molar refractivity (Wildman–Crippen MR) is 109 cm³/mol. The average Bonchev–Trinajstić information content (AvgIpc) is 2.62. The molecule has 0 radical (unpaired) electrons. The number of hydrogen-bond donors (Lipinski definition) is 1. The highest BCUT2D eigenvalue weighted by atomic mass is 32.2. The molecule has 2 atom stereocenters. The summed E-state index contributed by atoms with van der Waals surface area (Å²) in [6.07, 6.45) is 3.59. The molecule has 0 saturated heterocycles. The van der Waals surface area contributed by atoms with Gasteiger partial charge in [-0.2, -0.15) is 11.8 Å². The number of aliphatic hydroxyl groups excluding tert-OH is 1. The minimum atomic E-state index is -0.837. The molecule has 6 nitrogen and oxygen atoms in total. The van der Waals surface area contributed by atoms with E-state index in [-0.39, 0.29) is 42.7 Å². The van der Waals surface area contributed by atoms with E-state index in [1.165, 1.54) is 0 Å². The summed E-state index contributed by atoms with van der Waals surface area (Å²) < 4.78 is 5.17. The van der Waals surface area contributed by atoms with Crippen LogP contribution in [0.5, 0.6) is 0 Å². The third-order valence-corrected chi connectivity index (χ3v) is 5.20. The van der Waals surface area contributed by atoms with Crippen molar-refractivity contribution in [3.8, 4) is 0 Å². The van der Waals surface area contributed by atoms with E-state index in [1.807, 2.05) is 6.92 Å². The van der Waals surface area contributed by atoms with Crippen LogP contribution in [-0.2, 0) is 19.2 Å². The number of allylic oxidation sites excluding steroid dienone is 1. The van der Waals surface area contributed by atoms with Crippen molar-refractivity contribution in [2.75, 3.05) is 24.7 Å². The molecule has 0 spiro atoms. The van der Waals surface area contributed by atoms with Crippen molar-refractivity contribution >= 4 is 29.2 Å². The molecule has 1 aliphatic carbocycles. The number of rotatable bonds is 12. The van der Waals surface area contributed by atoms with Crippen molar-refractivity contribution in [3.05, 3.63) is 24.0 Å². The molecular formula is C20H31NO5S. The maximum Gasteiger partial charge on any atom is 0.316 e. The first kappa shape index (κ1) is 23.3. The molecule has 0 aromatic heterocycles. The zero-order valence-electron chi connectivity index (χ0n) is 16.5. The van der Waals surface area contributed by atoms with Gasteiger partial charge in [0, 0.05) is 6.42 Å². The second-order valence-electron chi connectivity index (χ2n) is 6.24. The van der Waals surface area contributed by atoms with Gasteiger partial charge >= 0.3 is 5.97 Å². The Labute approximate surface area is 166 Å². The zero-order chi connectivity index (χ0) is 20.2. The highest BCUT2D eigenvalue weighted by Gasteiger charge is 2.42. The Hall–Kier alpha value is -1.76. The normalized spacial score (nSPS) is 20.6. The fraction of sp³-hybridized carbons (Fsp3) is 0.650. The Balaban J connectivity index is 3.26. The molecule has 0 aromatic carbocycles. The molecular weight excluding hydrogens is 366 g/mol. The number of Topliss-reactive ketones (excluding diaryl/α,β-unsaturated/α-hetero) is 1. The van der Waals surface area contributed by atoms with E-state index in [2.05, 4.69) is 18.7 Å². The molecule has 1 N–H and O–H groups in total. The summed E-state index contributed by atoms with van der Waals surface area (Å²) in [5.74, 6) is -0.237. The number of oxime groups is 1. The van der Waals surface area contributed by atoms with Crippen molar-refractivity contribution in [1.29, 1.82) is 0 Å². The van der Waals surface area contributed by atoms with Crippen LogP contribution >= 0.6 is 11.8 Å². The van der Waals surface area contributed by atoms with Gasteiger partial charge in [0.05, 0.1) is 17.9 Å². The molecule has 0 amide bonds. The van der Waals surface area contributed by atoms with Crippen LogP contribution in [0.2, 0.25) is 0 Å². The predicted octanol–water partition coefficient (Wildman–Crippen LogP) is 4.07. The van der Waals surface area contributed by atoms with Crippen molar-refractivity contribution < 1.29 is 24.3 Å². The van der Waals surface area contributed by atoms with Crippen LogP contribution in [0.15, 0.2) is 29.1 Å². The minimum Gasteiger partial charge on any atom is -0.511 e. The number of carbonyl (C=O) groups is 2. The minimum absolute atomic E-state index is 0.110. The lowest BCUT2D eigenvalue weighted by Gasteiger charge is -2.30. The Morgan fingerprint density at radius 3 is 2.74 bits per heavy atom. The maximum absolute atomic E-state index is 12.8. The monoisotopic (exact) mass is 397 g/mol. The topological polar surface area (TPSA) is 85.2 Å². The molecule has 0 heterocycles. The van der Waals surface area contributed by atoms with Crippen LogP contribution in [0.1, 0.15) is 46.5 Å². The molecule has 2 unspecified atom stereocenters. The Morgan fingerprint density at radius 2 is 2.15 bits per heavy atom. The zero-order valence-corrected chi connectivity index (χ0v) is 17.3. The summed E-state index contributed by atoms with van der Waals surface area (Å²) >= 11 is 1.75. The molecule has 152 valence electrons. The maximum atomic E-state index is 12.8. The molecule has 1 rings (SSSR count). The van der Waals surface area contributed by atoms with Crippen LogP contribution in [0, 0.1) is 11.8 Å². The SMILES string of the molecule is C=CCON=C(CCC)C1=C(O)C(C(=O)OCC)C(CCSCC)CC1=O. The molecule has 0 aliphatic heterocycles. The first-order valence-electron chi connectivity index (χ1n) is 9.52. The van der Waals surface area contributed by atoms with E-state index < -0.39 is 11.9 Å². The quantitative estimate of drug-likeness (QED) is 0.176. The average molecular weight is 398 g/mol. The van der Waals surface area contributed by atoms with Crippen LogP contribution in [0.25, 0.3) is 0 Å². The van der Waals surface area contributed by atoms with Crippen molar-refractivity contribution in [2.24, 2.45) is 17.0 Å². The van der Waals surface area contributed by atoms with Gasteiger partial charge in [0.1, 0.15) is 18.3 Å². The number of ether oxygens (including phenoxy) is 1. The number of carbonyl (C=O) groups excluding carboxylic acids is 2. The Kier molecular flexibility index (Phi) is 10.9. The van der Waals surface area contributed by atoms with E-state index in [4.69, 9.17) is 9.57 Å². The molecule has 1 aliphatic rings. The molecule has 7 heteroatoms. The summed E-state index contributed by atoms with van der Waals surface area (Å²) in [4.78, 5) is 30.5. The van der Waals surface area contributed by atoms with Crippen LogP contribution in [0.4, 0.5) is 0 Å². The van der Waals surface area contributed by atoms with Gasteiger partial charge in [-0.15, -0.1) is 0 Å². The number of nitrogens with zero attached hydrogens (tertiary/aromatic N) is 1. The van der Waals surface area contributed by atoms with Crippen molar-refractivity contribution in [1.82, 2.24) is 0 Å². The van der Waals surface area contributed by atoms with E-state index in [0.29, 0.717) is 18.6 Å². The van der Waals surface area contributed by atoms with E-state index in [1.54, 1.807) is 24.8 Å². The number of thioether (sulfide) groups is 1. The molecule has 0 aromatic rings. The third-order valence-electron chi connectivity index (χ3n) is 4.27. The fourth-order valence-electron chi connectivity index (χ4n) is 3.09. The lowest BCUT2D eigenvalue weighted by Crippen LogP contribution is -2.37. The van der Waals surface area contributed by atoms with Crippen LogP contribution in [0.3, 0.4) is 0 Å². The number of esters is 1. The standard InChI is InChI=1S/C20H31NO5S/c1-5-9-15(21-26-11-6-2)18-16(22)13-14(10-12-27-8-4)17(19(18)23)20(24)25-7-3/h6,14,17,23H,2,5,7-13H2,1,3-4H3. The van der Waals surface area contributed by atoms with Crippen molar-refractivity contribution in [2.45, 2.75) is 46.5 Å². The smallest absolute Gasteiger partial charge is 0.316 e. The summed E-state index contributed by atoms with van der Waals surface area (Å²) in [5.41, 5.74) is 0.482. The van der Waals surface area contributed by atoms with Crippen LogP contribution in [-0.4, -0.2) is 47.3 Å². The summed E-state index contributed by atoms with van der Waals surface area (Å²) in [6.45, 7) is 9.72. The van der Waals surface area contributed by atoms with Gasteiger partial charge in [-0.3, -0.25) is 9.59 Å². The summed E-state index contributed by atoms with van der Waals surface area (Å²) in [6, 6.07) is 0. The van der Waals surface area contributed by atoms with Gasteiger partial charge in [-0.05, 0) is 37.2 Å². The van der Waals surface area contributed by atoms with E-state index in [0.717, 1.165) is 17.9 Å². The third kappa shape index (κ3) is 6.72. The van der Waals surface area contributed by atoms with Gasteiger partial charge < -0.3 is 14.7 Å². The Bertz CT molecular complexity index is 585. The van der Waals surface area contributed by atoms with Gasteiger partial charge in [-0.1, -0.05) is 38.1 Å². The van der Waals surface area contributed by atoms with Gasteiger partial charge in [-0.25, -0.2) is 0 Å². The first-order chi connectivity index (χ1) is 13.0. The number of hydrogen-bond acceptors (Lipinski definition) is 7. The molecule has 0 bridgehead atoms. The molecule has 0 fully saturated rings. The fourth-order valence-corrected chi connectivity index (χ4v) is 3.85. The number of aliphatic hydroxyl groups is 1. The lowest BCUT2D eigenvalue weighted by atomic mass is 9.75.